The topological polar surface area (TPSA) is 562 Å². The van der Waals surface area contributed by atoms with Crippen LogP contribution in [0.1, 0.15) is 46.9 Å². The standard InChI is InChI=1S/2C20H24N10O10P2S2/c2*21-12-1-2-23-16-7(4-24-29(12)16)8-3-9-10(38-8)5-37-42(35,43)40-15-14(31)11(6-36-41(33,34)39-9)44-19(15)30-17-13(27-28-30)18(32)26-20(22)25-17/h2*1-2,4,8-11,14-15,19,31H,3,5-6,21H2,(H,33,34)(H,35,43)(H3,22,25,26,32)/t2*8-,9+,10-,11-,14-,15-,19-,42?/m11/s1. The second-order valence-corrected chi connectivity index (χ2v) is 31.3. The van der Waals surface area contributed by atoms with E-state index >= 15 is 0 Å². The van der Waals surface area contributed by atoms with Crippen molar-refractivity contribution in [2.75, 3.05) is 49.4 Å². The summed E-state index contributed by atoms with van der Waals surface area (Å²) in [5, 5.41) is 42.5. The zero-order valence-electron chi connectivity index (χ0n) is 44.2. The van der Waals surface area contributed by atoms with Crippen LogP contribution in [0.2, 0.25) is 0 Å². The number of hydrogen-bond donors (Lipinski definition) is 12. The maximum absolute atomic E-state index is 13.5. The van der Waals surface area contributed by atoms with Crippen molar-refractivity contribution >= 4 is 134 Å². The Balaban J connectivity index is 0.000000162. The molecule has 6 aliphatic rings. The fraction of sp³-hybridized carbons (Fsp3) is 0.500. The number of fused-ring (bicyclic) bond motifs is 10. The number of nitrogens with one attached hydrogen (secondary N) is 2. The number of nitrogens with zero attached hydrogens (tertiary/aromatic N) is 14. The Hall–Kier alpha value is -5.21. The summed E-state index contributed by atoms with van der Waals surface area (Å²) in [5.74, 6) is 0.241. The average molecular weight is 1380 g/mol. The average Bonchev–Trinajstić information content (AvgIpc) is 2.42. The molecule has 0 saturated carbocycles. The number of H-pyrrole nitrogens is 2. The molecule has 0 amide bonds. The molecule has 6 fully saturated rings. The summed E-state index contributed by atoms with van der Waals surface area (Å²) in [7, 11) is -9.51. The number of nitrogen functional groups attached to an aromatic ring is 4. The van der Waals surface area contributed by atoms with Crippen LogP contribution in [-0.4, -0.2) is 190 Å². The maximum Gasteiger partial charge on any atom is 0.472 e. The lowest BCUT2D eigenvalue weighted by atomic mass is 10.1. The second kappa shape index (κ2) is 23.5. The number of thiol groups is 1. The molecule has 4 unspecified atom stereocenters. The Bertz CT molecular complexity index is 4090. The van der Waals surface area contributed by atoms with Crippen molar-refractivity contribution in [1.82, 2.24) is 79.1 Å². The van der Waals surface area contributed by atoms with Crippen LogP contribution >= 0.6 is 64.9 Å². The highest BCUT2D eigenvalue weighted by Gasteiger charge is 2.54. The number of aromatic amines is 2. The third-order valence-corrected chi connectivity index (χ3v) is 22.7. The molecule has 4 bridgehead atoms. The third-order valence-electron chi connectivity index (χ3n) is 14.5. The van der Waals surface area contributed by atoms with Crippen LogP contribution in [0.3, 0.4) is 0 Å². The zero-order chi connectivity index (χ0) is 61.9. The van der Waals surface area contributed by atoms with Gasteiger partial charge in [0.15, 0.2) is 33.6 Å². The number of phosphoric ester groups is 2. The summed E-state index contributed by atoms with van der Waals surface area (Å²) >= 11 is 11.4. The first-order valence-corrected chi connectivity index (χ1v) is 35.9. The Morgan fingerprint density at radius 1 is 0.614 bits per heavy atom. The molecule has 0 radical (unpaired) electrons. The quantitative estimate of drug-likeness (QED) is 0.0784. The Morgan fingerprint density at radius 3 is 1.52 bits per heavy atom. The molecular formula is C40H48N20O20P4S4. The van der Waals surface area contributed by atoms with E-state index < -0.39 is 149 Å². The minimum absolute atomic E-state index is 0.0345. The Labute approximate surface area is 508 Å². The highest BCUT2D eigenvalue weighted by atomic mass is 32.7. The van der Waals surface area contributed by atoms with Gasteiger partial charge in [-0.05, 0) is 23.9 Å². The molecular weight excluding hydrogens is 1330 g/mol. The fourth-order valence-corrected chi connectivity index (χ4v) is 18.6. The van der Waals surface area contributed by atoms with Crippen LogP contribution in [0.4, 0.5) is 23.5 Å². The van der Waals surface area contributed by atoms with E-state index in [4.69, 9.17) is 80.4 Å². The largest absolute Gasteiger partial charge is 0.472 e. The van der Waals surface area contributed by atoms with Gasteiger partial charge in [-0.2, -0.15) is 29.2 Å². The van der Waals surface area contributed by atoms with E-state index in [0.717, 1.165) is 28.2 Å². The number of aliphatic hydroxyl groups excluding tert-OH is 2. The van der Waals surface area contributed by atoms with Gasteiger partial charge in [0.25, 0.3) is 11.1 Å². The Kier molecular flexibility index (Phi) is 16.4. The smallest absolute Gasteiger partial charge is 0.389 e. The highest BCUT2D eigenvalue weighted by molar-refractivity contribution is 8.44. The van der Waals surface area contributed by atoms with E-state index in [1.807, 2.05) is 0 Å². The lowest BCUT2D eigenvalue weighted by Crippen LogP contribution is -2.35. The number of anilines is 4. The first-order chi connectivity index (χ1) is 41.8. The number of aromatic nitrogens is 16. The van der Waals surface area contributed by atoms with E-state index in [1.165, 1.54) is 38.5 Å². The normalized spacial score (nSPS) is 36.6. The fourth-order valence-electron chi connectivity index (χ4n) is 10.5. The van der Waals surface area contributed by atoms with Gasteiger partial charge in [0.2, 0.25) is 11.9 Å². The summed E-state index contributed by atoms with van der Waals surface area (Å²) in [6.45, 7) is -10.3. The van der Waals surface area contributed by atoms with Crippen LogP contribution in [0.25, 0.3) is 33.6 Å². The number of rotatable bonds is 4. The minimum atomic E-state index is -4.76. The highest BCUT2D eigenvalue weighted by Crippen LogP contribution is 2.61. The number of ether oxygens (including phenoxy) is 2. The lowest BCUT2D eigenvalue weighted by Gasteiger charge is -2.27. The van der Waals surface area contributed by atoms with E-state index in [9.17, 15) is 48.2 Å². The van der Waals surface area contributed by atoms with Gasteiger partial charge in [-0.15, -0.1) is 33.7 Å². The SMILES string of the molecule is Nc1nc2c(nnn2[C@@H]2S[C@@H]3COP(=O)(O)O[C@H]4C[C@H](c5cnn6c(N)ccnc56)O[C@@H]4COP(=O)(S)O[C@@H]2[C@@H]3O)c(=O)[nH]1.Nc1nc2c(nnn2[C@@H]2S[C@@H]3COP(=O)(O)O[C@H]4C[C@H](c5cnn6c(N)ccnc56)O[C@@H]4COP(O)(=S)O[C@@H]2[C@@H]3O)c(=O)[nH]1. The maximum atomic E-state index is 13.5. The molecule has 6 aliphatic heterocycles. The van der Waals surface area contributed by atoms with Gasteiger partial charge in [0, 0.05) is 36.4 Å². The minimum Gasteiger partial charge on any atom is -0.389 e. The van der Waals surface area contributed by atoms with Crippen LogP contribution < -0.4 is 34.1 Å². The van der Waals surface area contributed by atoms with E-state index in [-0.39, 0.29) is 47.1 Å². The lowest BCUT2D eigenvalue weighted by molar-refractivity contribution is -0.0249. The predicted molar refractivity (Wildman–Crippen MR) is 309 cm³/mol. The van der Waals surface area contributed by atoms with Crippen LogP contribution in [0.5, 0.6) is 0 Å². The van der Waals surface area contributed by atoms with Crippen molar-refractivity contribution in [3.05, 3.63) is 68.8 Å². The summed E-state index contributed by atoms with van der Waals surface area (Å²) < 4.78 is 101. The number of aliphatic hydroxyl groups is 2. The van der Waals surface area contributed by atoms with Crippen molar-refractivity contribution in [3.8, 4) is 0 Å². The molecule has 0 spiro atoms. The van der Waals surface area contributed by atoms with Gasteiger partial charge in [-0.3, -0.25) is 51.2 Å². The van der Waals surface area contributed by atoms with E-state index in [0.29, 0.717) is 34.1 Å². The summed E-state index contributed by atoms with van der Waals surface area (Å²) in [5.41, 5.74) is 23.6. The second-order valence-electron chi connectivity index (χ2n) is 20.1. The van der Waals surface area contributed by atoms with Crippen molar-refractivity contribution in [1.29, 1.82) is 0 Å². The zero-order valence-corrected chi connectivity index (χ0v) is 51.1. The van der Waals surface area contributed by atoms with Gasteiger partial charge < -0.3 is 61.8 Å². The number of phosphoric acid groups is 2. The molecule has 6 saturated heterocycles. The molecule has 8 aromatic heterocycles. The third kappa shape index (κ3) is 12.0. The molecule has 18 atom stereocenters. The van der Waals surface area contributed by atoms with Gasteiger partial charge in [0.1, 0.15) is 59.0 Å². The van der Waals surface area contributed by atoms with Crippen molar-refractivity contribution in [3.63, 3.8) is 0 Å². The number of nitrogens with two attached hydrogens (primary N) is 4. The van der Waals surface area contributed by atoms with Crippen LogP contribution in [0, 0.1) is 0 Å². The van der Waals surface area contributed by atoms with Crippen molar-refractivity contribution in [2.45, 2.75) is 95.1 Å². The number of hydrogen-bond acceptors (Lipinski definition) is 34. The predicted octanol–water partition coefficient (Wildman–Crippen LogP) is -0.456. The molecule has 48 heteroatoms. The van der Waals surface area contributed by atoms with Crippen molar-refractivity contribution < 1.29 is 84.3 Å². The molecule has 8 aromatic rings. The van der Waals surface area contributed by atoms with Crippen LogP contribution in [0.15, 0.2) is 46.5 Å². The van der Waals surface area contributed by atoms with E-state index in [2.05, 4.69) is 73.0 Å². The molecule has 0 aromatic carbocycles. The van der Waals surface area contributed by atoms with Gasteiger partial charge >= 0.3 is 29.2 Å². The molecule has 15 N–H and O–H groups in total. The first-order valence-electron chi connectivity index (χ1n) is 25.8. The molecule has 14 rings (SSSR count). The van der Waals surface area contributed by atoms with Crippen molar-refractivity contribution in [2.24, 2.45) is 0 Å². The van der Waals surface area contributed by atoms with Gasteiger partial charge in [-0.25, -0.2) is 33.0 Å². The first kappa shape index (κ1) is 61.6. The van der Waals surface area contributed by atoms with Gasteiger partial charge in [-0.1, -0.05) is 22.7 Å². The molecule has 14 heterocycles. The summed E-state index contributed by atoms with van der Waals surface area (Å²) in [6.07, 6.45) is -5.06. The van der Waals surface area contributed by atoms with E-state index in [1.54, 1.807) is 12.1 Å². The van der Waals surface area contributed by atoms with Crippen LogP contribution in [-0.2, 0) is 71.2 Å². The molecule has 472 valence electrons. The summed E-state index contributed by atoms with van der Waals surface area (Å²) in [6, 6.07) is 3.14. The monoisotopic (exact) mass is 1380 g/mol. The molecule has 40 nitrogen and oxygen atoms in total. The molecule has 88 heavy (non-hydrogen) atoms. The van der Waals surface area contributed by atoms with Gasteiger partial charge in [0.05, 0.1) is 73.7 Å². The molecule has 0 aliphatic carbocycles. The Morgan fingerprint density at radius 2 is 1.06 bits per heavy atom. The number of thioether (sulfide) groups is 2. The summed E-state index contributed by atoms with van der Waals surface area (Å²) in [4.78, 5) is 78.4.